The first-order valence-electron chi connectivity index (χ1n) is 16.8. The molecule has 0 spiro atoms. The van der Waals surface area contributed by atoms with E-state index >= 15 is 0 Å². The first kappa shape index (κ1) is 28.4. The molecule has 0 N–H and O–H groups in total. The van der Waals surface area contributed by atoms with Gasteiger partial charge in [0.15, 0.2) is 0 Å². The van der Waals surface area contributed by atoms with Gasteiger partial charge >= 0.3 is 0 Å². The van der Waals surface area contributed by atoms with E-state index in [-0.39, 0.29) is 5.41 Å². The van der Waals surface area contributed by atoms with Gasteiger partial charge in [-0.15, -0.1) is 0 Å². The van der Waals surface area contributed by atoms with Crippen LogP contribution in [0.1, 0.15) is 26.3 Å². The van der Waals surface area contributed by atoms with Crippen molar-refractivity contribution >= 4 is 43.6 Å². The average molecular weight is 617 g/mol. The molecule has 0 amide bonds. The van der Waals surface area contributed by atoms with Crippen molar-refractivity contribution < 1.29 is 0 Å². The summed E-state index contributed by atoms with van der Waals surface area (Å²) in [6.07, 6.45) is 0. The van der Waals surface area contributed by atoms with Crippen molar-refractivity contribution in [2.45, 2.75) is 26.2 Å². The Morgan fingerprint density at radius 3 is 1.35 bits per heavy atom. The fourth-order valence-electron chi connectivity index (χ4n) is 7.62. The van der Waals surface area contributed by atoms with E-state index < -0.39 is 0 Å². The summed E-state index contributed by atoms with van der Waals surface area (Å²) in [5, 5.41) is 5.06. The van der Waals surface area contributed by atoms with Crippen molar-refractivity contribution in [3.05, 3.63) is 169 Å². The first-order chi connectivity index (χ1) is 23.5. The molecule has 0 saturated carbocycles. The Morgan fingerprint density at radius 1 is 0.354 bits per heavy atom. The van der Waals surface area contributed by atoms with E-state index in [4.69, 9.17) is 0 Å². The number of nitrogens with zero attached hydrogens (tertiary/aromatic N) is 2. The van der Waals surface area contributed by atoms with Crippen LogP contribution in [0.5, 0.6) is 0 Å². The van der Waals surface area contributed by atoms with Gasteiger partial charge in [-0.1, -0.05) is 124 Å². The predicted molar refractivity (Wildman–Crippen MR) is 205 cm³/mol. The Hall–Kier alpha value is -5.86. The fourth-order valence-corrected chi connectivity index (χ4v) is 7.62. The van der Waals surface area contributed by atoms with Gasteiger partial charge in [-0.2, -0.15) is 0 Å². The summed E-state index contributed by atoms with van der Waals surface area (Å²) < 4.78 is 4.78. The van der Waals surface area contributed by atoms with Crippen LogP contribution >= 0.6 is 0 Å². The molecule has 0 atom stereocenters. The van der Waals surface area contributed by atoms with Crippen LogP contribution in [0.4, 0.5) is 0 Å². The summed E-state index contributed by atoms with van der Waals surface area (Å²) in [7, 11) is 0. The second-order valence-electron chi connectivity index (χ2n) is 13.8. The highest BCUT2D eigenvalue weighted by molar-refractivity contribution is 6.12. The number of fused-ring (bicyclic) bond motifs is 6. The van der Waals surface area contributed by atoms with Crippen LogP contribution in [0.2, 0.25) is 0 Å². The molecule has 0 aliphatic carbocycles. The van der Waals surface area contributed by atoms with Crippen molar-refractivity contribution in [1.82, 2.24) is 9.13 Å². The van der Waals surface area contributed by atoms with E-state index in [0.717, 1.165) is 0 Å². The van der Waals surface area contributed by atoms with Crippen LogP contribution in [0, 0.1) is 0 Å². The molecule has 2 nitrogen and oxygen atoms in total. The van der Waals surface area contributed by atoms with Crippen LogP contribution in [0.3, 0.4) is 0 Å². The van der Waals surface area contributed by atoms with Gasteiger partial charge in [0.05, 0.1) is 22.1 Å². The minimum Gasteiger partial charge on any atom is -0.309 e. The second kappa shape index (κ2) is 10.9. The van der Waals surface area contributed by atoms with Gasteiger partial charge in [-0.3, -0.25) is 0 Å². The second-order valence-corrected chi connectivity index (χ2v) is 13.8. The van der Waals surface area contributed by atoms with Gasteiger partial charge in [0.2, 0.25) is 0 Å². The van der Waals surface area contributed by atoms with Crippen molar-refractivity contribution in [2.24, 2.45) is 0 Å². The Kier molecular flexibility index (Phi) is 6.42. The Balaban J connectivity index is 1.17. The zero-order chi connectivity index (χ0) is 32.4. The van der Waals surface area contributed by atoms with Crippen LogP contribution in [0.25, 0.3) is 77.2 Å². The highest BCUT2D eigenvalue weighted by atomic mass is 15.0. The molecule has 0 bridgehead atoms. The molecular formula is C46H36N2. The molecule has 0 aliphatic rings. The first-order valence-corrected chi connectivity index (χ1v) is 16.8. The van der Waals surface area contributed by atoms with E-state index in [1.807, 2.05) is 0 Å². The number of hydrogen-bond acceptors (Lipinski definition) is 0. The molecule has 0 aliphatic heterocycles. The molecule has 2 heterocycles. The molecule has 0 fully saturated rings. The zero-order valence-electron chi connectivity index (χ0n) is 27.5. The van der Waals surface area contributed by atoms with Gasteiger partial charge in [0, 0.05) is 32.9 Å². The number of rotatable bonds is 4. The topological polar surface area (TPSA) is 9.86 Å². The largest absolute Gasteiger partial charge is 0.309 e. The highest BCUT2D eigenvalue weighted by Crippen LogP contribution is 2.39. The molecule has 7 aromatic carbocycles. The molecule has 0 radical (unpaired) electrons. The maximum Gasteiger partial charge on any atom is 0.0541 e. The third kappa shape index (κ3) is 4.48. The fraction of sp³-hybridized carbons (Fsp3) is 0.0870. The van der Waals surface area contributed by atoms with E-state index in [9.17, 15) is 0 Å². The lowest BCUT2D eigenvalue weighted by Crippen LogP contribution is -2.12. The summed E-state index contributed by atoms with van der Waals surface area (Å²) in [5.41, 5.74) is 13.6. The van der Waals surface area contributed by atoms with E-state index in [2.05, 4.69) is 194 Å². The van der Waals surface area contributed by atoms with E-state index in [1.165, 1.54) is 82.8 Å². The molecule has 9 aromatic rings. The summed E-state index contributed by atoms with van der Waals surface area (Å²) in [6.45, 7) is 6.86. The van der Waals surface area contributed by atoms with Gasteiger partial charge < -0.3 is 9.13 Å². The molecule has 0 saturated heterocycles. The molecule has 9 rings (SSSR count). The SMILES string of the molecule is CC(C)(C)c1ccccc1-c1ccc(-n2c3ccccc3c3cc(-c4ccc5c(c4)c4ccccc4n5-c4ccccc4)ccc32)cc1. The van der Waals surface area contributed by atoms with Gasteiger partial charge in [-0.25, -0.2) is 0 Å². The lowest BCUT2D eigenvalue weighted by atomic mass is 9.82. The van der Waals surface area contributed by atoms with Gasteiger partial charge in [0.1, 0.15) is 0 Å². The standard InChI is InChI=1S/C46H36N2/c1-46(2,3)41-18-10-7-15-36(41)31-21-25-35(26-22-31)48-43-20-12-9-17-38(43)40-30-33(24-28-45(40)48)32-23-27-44-39(29-32)37-16-8-11-19-42(37)47(44)34-13-5-4-6-14-34/h4-30H,1-3H3. The number of para-hydroxylation sites is 3. The number of aromatic nitrogens is 2. The molecule has 230 valence electrons. The quantitative estimate of drug-likeness (QED) is 0.186. The molecule has 48 heavy (non-hydrogen) atoms. The summed E-state index contributed by atoms with van der Waals surface area (Å²) >= 11 is 0. The lowest BCUT2D eigenvalue weighted by Gasteiger charge is -2.23. The predicted octanol–water partition coefficient (Wildman–Crippen LogP) is 12.5. The molecule has 0 unspecified atom stereocenters. The van der Waals surface area contributed by atoms with Crippen LogP contribution in [-0.4, -0.2) is 9.13 Å². The van der Waals surface area contributed by atoms with Crippen molar-refractivity contribution in [2.75, 3.05) is 0 Å². The van der Waals surface area contributed by atoms with Gasteiger partial charge in [-0.05, 0) is 93.9 Å². The molecular weight excluding hydrogens is 581 g/mol. The van der Waals surface area contributed by atoms with Crippen LogP contribution in [-0.2, 0) is 5.41 Å². The van der Waals surface area contributed by atoms with Crippen LogP contribution < -0.4 is 0 Å². The lowest BCUT2D eigenvalue weighted by molar-refractivity contribution is 0.592. The Labute approximate surface area is 281 Å². The van der Waals surface area contributed by atoms with Gasteiger partial charge in [0.25, 0.3) is 0 Å². The number of hydrogen-bond donors (Lipinski definition) is 0. The normalized spacial score (nSPS) is 12.1. The number of benzene rings is 7. The molecule has 2 heteroatoms. The van der Waals surface area contributed by atoms with Crippen LogP contribution in [0.15, 0.2) is 164 Å². The third-order valence-corrected chi connectivity index (χ3v) is 9.86. The van der Waals surface area contributed by atoms with Crippen molar-refractivity contribution in [3.63, 3.8) is 0 Å². The average Bonchev–Trinajstić information content (AvgIpc) is 3.64. The summed E-state index contributed by atoms with van der Waals surface area (Å²) in [5.74, 6) is 0. The molecule has 2 aromatic heterocycles. The maximum atomic E-state index is 2.41. The monoisotopic (exact) mass is 616 g/mol. The zero-order valence-corrected chi connectivity index (χ0v) is 27.5. The Bertz CT molecular complexity index is 2630. The summed E-state index contributed by atoms with van der Waals surface area (Å²) in [4.78, 5) is 0. The summed E-state index contributed by atoms with van der Waals surface area (Å²) in [6, 6.07) is 59.9. The van der Waals surface area contributed by atoms with Crippen molar-refractivity contribution in [1.29, 1.82) is 0 Å². The smallest absolute Gasteiger partial charge is 0.0541 e. The van der Waals surface area contributed by atoms with E-state index in [0.29, 0.717) is 0 Å². The maximum absolute atomic E-state index is 2.41. The Morgan fingerprint density at radius 2 is 0.792 bits per heavy atom. The highest BCUT2D eigenvalue weighted by Gasteiger charge is 2.19. The third-order valence-electron chi connectivity index (χ3n) is 9.86. The van der Waals surface area contributed by atoms with E-state index in [1.54, 1.807) is 0 Å². The minimum atomic E-state index is 0.0727. The van der Waals surface area contributed by atoms with Crippen molar-refractivity contribution in [3.8, 4) is 33.6 Å². The minimum absolute atomic E-state index is 0.0727.